The van der Waals surface area contributed by atoms with Crippen LogP contribution < -0.4 is 10.5 Å². The summed E-state index contributed by atoms with van der Waals surface area (Å²) in [7, 11) is 0. The molecule has 0 spiro atoms. The Kier molecular flexibility index (Phi) is 5.68. The maximum absolute atomic E-state index is 12.4. The van der Waals surface area contributed by atoms with Gasteiger partial charge in [-0.2, -0.15) is 0 Å². The third-order valence-electron chi connectivity index (χ3n) is 3.19. The second-order valence-corrected chi connectivity index (χ2v) is 6.53. The van der Waals surface area contributed by atoms with E-state index >= 15 is 0 Å². The number of halogens is 3. The molecule has 1 aromatic rings. The zero-order valence-electron chi connectivity index (χ0n) is 13.1. The minimum absolute atomic E-state index is 0.0988. The van der Waals surface area contributed by atoms with Crippen LogP contribution in [0.1, 0.15) is 51.7 Å². The lowest BCUT2D eigenvalue weighted by atomic mass is 9.85. The Labute approximate surface area is 124 Å². The highest BCUT2D eigenvalue weighted by Crippen LogP contribution is 2.31. The molecule has 120 valence electrons. The normalized spacial score (nSPS) is 14.1. The maximum Gasteiger partial charge on any atom is 0.573 e. The van der Waals surface area contributed by atoms with Crippen molar-refractivity contribution in [1.29, 1.82) is 0 Å². The molecule has 0 fully saturated rings. The Morgan fingerprint density at radius 1 is 1.14 bits per heavy atom. The number of rotatable bonds is 5. The topological polar surface area (TPSA) is 35.2 Å². The highest BCUT2D eigenvalue weighted by Gasteiger charge is 2.31. The second kappa shape index (κ2) is 6.69. The molecule has 0 bridgehead atoms. The number of hydrogen-bond donors (Lipinski definition) is 1. The third kappa shape index (κ3) is 6.85. The van der Waals surface area contributed by atoms with Crippen LogP contribution in [0.25, 0.3) is 0 Å². The Morgan fingerprint density at radius 3 is 2.24 bits per heavy atom. The van der Waals surface area contributed by atoms with E-state index in [-0.39, 0.29) is 17.2 Å². The second-order valence-electron chi connectivity index (χ2n) is 6.53. The van der Waals surface area contributed by atoms with E-state index in [0.29, 0.717) is 6.42 Å². The van der Waals surface area contributed by atoms with Crippen molar-refractivity contribution >= 4 is 0 Å². The minimum Gasteiger partial charge on any atom is -0.406 e. The first kappa shape index (κ1) is 17.8. The zero-order valence-corrected chi connectivity index (χ0v) is 13.1. The average molecular weight is 303 g/mol. The number of ether oxygens (including phenoxy) is 1. The van der Waals surface area contributed by atoms with Crippen LogP contribution in [-0.2, 0) is 11.8 Å². The molecule has 0 amide bonds. The highest BCUT2D eigenvalue weighted by molar-refractivity contribution is 5.38. The van der Waals surface area contributed by atoms with Gasteiger partial charge in [-0.25, -0.2) is 0 Å². The molecule has 0 aromatic heterocycles. The lowest BCUT2D eigenvalue weighted by Gasteiger charge is -2.22. The smallest absolute Gasteiger partial charge is 0.406 e. The monoisotopic (exact) mass is 303 g/mol. The molecule has 1 atom stereocenters. The van der Waals surface area contributed by atoms with Crippen molar-refractivity contribution in [3.63, 3.8) is 0 Å². The molecule has 1 aromatic carbocycles. The number of alkyl halides is 3. The van der Waals surface area contributed by atoms with E-state index in [0.717, 1.165) is 24.0 Å². The van der Waals surface area contributed by atoms with Gasteiger partial charge in [0, 0.05) is 6.04 Å². The average Bonchev–Trinajstić information content (AvgIpc) is 2.24. The molecule has 0 unspecified atom stereocenters. The summed E-state index contributed by atoms with van der Waals surface area (Å²) in [6, 6.07) is 4.97. The van der Waals surface area contributed by atoms with Crippen LogP contribution in [0.5, 0.6) is 5.75 Å². The van der Waals surface area contributed by atoms with Gasteiger partial charge >= 0.3 is 6.36 Å². The molecule has 5 heteroatoms. The summed E-state index contributed by atoms with van der Waals surface area (Å²) in [6.45, 7) is 7.81. The van der Waals surface area contributed by atoms with Gasteiger partial charge in [-0.05, 0) is 54.9 Å². The predicted molar refractivity (Wildman–Crippen MR) is 78.4 cm³/mol. The number of benzene rings is 1. The zero-order chi connectivity index (χ0) is 16.3. The Hall–Kier alpha value is -1.23. The molecule has 0 saturated heterocycles. The van der Waals surface area contributed by atoms with Crippen LogP contribution in [-0.4, -0.2) is 12.4 Å². The quantitative estimate of drug-likeness (QED) is 0.866. The Bertz CT molecular complexity index is 462. The summed E-state index contributed by atoms with van der Waals surface area (Å²) >= 11 is 0. The summed E-state index contributed by atoms with van der Waals surface area (Å²) in [5.74, 6) is -0.147. The van der Waals surface area contributed by atoms with Crippen molar-refractivity contribution in [2.75, 3.05) is 0 Å². The molecular formula is C16H24F3NO. The Morgan fingerprint density at radius 2 is 1.76 bits per heavy atom. The van der Waals surface area contributed by atoms with Crippen LogP contribution in [0.2, 0.25) is 0 Å². The van der Waals surface area contributed by atoms with Crippen molar-refractivity contribution in [1.82, 2.24) is 0 Å². The van der Waals surface area contributed by atoms with E-state index in [1.165, 1.54) is 12.1 Å². The van der Waals surface area contributed by atoms with E-state index in [4.69, 9.17) is 5.73 Å². The molecule has 0 aliphatic rings. The fraction of sp³-hybridized carbons (Fsp3) is 0.625. The van der Waals surface area contributed by atoms with Crippen molar-refractivity contribution in [3.8, 4) is 5.75 Å². The fourth-order valence-electron chi connectivity index (χ4n) is 2.06. The van der Waals surface area contributed by atoms with Gasteiger partial charge in [0.1, 0.15) is 5.75 Å². The first-order valence-corrected chi connectivity index (χ1v) is 7.13. The first-order chi connectivity index (χ1) is 9.47. The van der Waals surface area contributed by atoms with Gasteiger partial charge < -0.3 is 10.5 Å². The summed E-state index contributed by atoms with van der Waals surface area (Å²) in [5.41, 5.74) is 7.14. The molecule has 0 aliphatic carbocycles. The lowest BCUT2D eigenvalue weighted by Crippen LogP contribution is -2.19. The van der Waals surface area contributed by atoms with Gasteiger partial charge in [0.2, 0.25) is 0 Å². The van der Waals surface area contributed by atoms with Gasteiger partial charge in [0.05, 0.1) is 0 Å². The van der Waals surface area contributed by atoms with Crippen LogP contribution in [0.4, 0.5) is 13.2 Å². The molecule has 0 heterocycles. The van der Waals surface area contributed by atoms with Gasteiger partial charge in [0.25, 0.3) is 0 Å². The van der Waals surface area contributed by atoms with Crippen LogP contribution in [0, 0.1) is 0 Å². The summed E-state index contributed by atoms with van der Waals surface area (Å²) in [4.78, 5) is 0. The molecule has 0 aliphatic heterocycles. The molecule has 2 N–H and O–H groups in total. The standard InChI is InChI=1S/C16H24F3NO/c1-11(20)6-5-7-12-8-13(15(2,3)4)10-14(9-12)21-16(17,18)19/h8-11H,5-7,20H2,1-4H3/t11-/m1/s1. The molecular weight excluding hydrogens is 279 g/mol. The van der Waals surface area contributed by atoms with E-state index < -0.39 is 6.36 Å². The van der Waals surface area contributed by atoms with Crippen LogP contribution in [0.15, 0.2) is 18.2 Å². The van der Waals surface area contributed by atoms with Gasteiger partial charge in [-0.15, -0.1) is 13.2 Å². The fourth-order valence-corrected chi connectivity index (χ4v) is 2.06. The van der Waals surface area contributed by atoms with Crippen molar-refractivity contribution in [2.45, 2.75) is 64.8 Å². The minimum atomic E-state index is -4.67. The summed E-state index contributed by atoms with van der Waals surface area (Å²) in [6.07, 6.45) is -2.29. The van der Waals surface area contributed by atoms with Crippen LogP contribution in [0.3, 0.4) is 0 Å². The van der Waals surface area contributed by atoms with E-state index in [1.54, 1.807) is 0 Å². The SMILES string of the molecule is C[C@@H](N)CCCc1cc(OC(F)(F)F)cc(C(C)(C)C)c1. The van der Waals surface area contributed by atoms with Gasteiger partial charge in [0.15, 0.2) is 0 Å². The van der Waals surface area contributed by atoms with Gasteiger partial charge in [-0.1, -0.05) is 26.8 Å². The molecule has 2 nitrogen and oxygen atoms in total. The number of hydrogen-bond acceptors (Lipinski definition) is 2. The van der Waals surface area contributed by atoms with Crippen LogP contribution >= 0.6 is 0 Å². The predicted octanol–water partition coefficient (Wildman–Crippen LogP) is 4.55. The number of aryl methyl sites for hydroxylation is 1. The van der Waals surface area contributed by atoms with E-state index in [1.807, 2.05) is 33.8 Å². The molecule has 0 saturated carbocycles. The Balaban J connectivity index is 2.98. The van der Waals surface area contributed by atoms with E-state index in [2.05, 4.69) is 4.74 Å². The molecule has 0 radical (unpaired) electrons. The molecule has 1 rings (SSSR count). The van der Waals surface area contributed by atoms with Crippen molar-refractivity contribution in [3.05, 3.63) is 29.3 Å². The lowest BCUT2D eigenvalue weighted by molar-refractivity contribution is -0.274. The summed E-state index contributed by atoms with van der Waals surface area (Å²) < 4.78 is 41.3. The highest BCUT2D eigenvalue weighted by atomic mass is 19.4. The van der Waals surface area contributed by atoms with E-state index in [9.17, 15) is 13.2 Å². The maximum atomic E-state index is 12.4. The third-order valence-corrected chi connectivity index (χ3v) is 3.19. The largest absolute Gasteiger partial charge is 0.573 e. The first-order valence-electron chi connectivity index (χ1n) is 7.13. The van der Waals surface area contributed by atoms with Gasteiger partial charge in [-0.3, -0.25) is 0 Å². The summed E-state index contributed by atoms with van der Waals surface area (Å²) in [5, 5.41) is 0. The number of nitrogens with two attached hydrogens (primary N) is 1. The molecule has 21 heavy (non-hydrogen) atoms. The van der Waals surface area contributed by atoms with Crippen molar-refractivity contribution in [2.24, 2.45) is 5.73 Å². The van der Waals surface area contributed by atoms with Crippen molar-refractivity contribution < 1.29 is 17.9 Å².